The molecule has 0 fully saturated rings. The summed E-state index contributed by atoms with van der Waals surface area (Å²) in [4.78, 5) is 15.1. The summed E-state index contributed by atoms with van der Waals surface area (Å²) in [6.45, 7) is 7.00. The Morgan fingerprint density at radius 2 is 2.21 bits per heavy atom. The minimum Gasteiger partial charge on any atom is -0.391 e. The van der Waals surface area contributed by atoms with E-state index in [1.165, 1.54) is 18.1 Å². The maximum absolute atomic E-state index is 10.9. The molecule has 2 rings (SSSR count). The second-order valence-corrected chi connectivity index (χ2v) is 8.23. The molecule has 0 bridgehead atoms. The number of hydrogen-bond donors (Lipinski definition) is 4. The van der Waals surface area contributed by atoms with Crippen LogP contribution >= 0.6 is 0 Å². The van der Waals surface area contributed by atoms with Gasteiger partial charge in [0, 0.05) is 63.4 Å². The summed E-state index contributed by atoms with van der Waals surface area (Å²) in [5.74, 6) is -0.0829. The number of aliphatic hydroxyl groups excluding tert-OH is 1. The zero-order chi connectivity index (χ0) is 24.6. The monoisotopic (exact) mass is 460 g/mol. The van der Waals surface area contributed by atoms with Crippen LogP contribution in [-0.2, 0) is 4.79 Å². The fraction of sp³-hybridized carbons (Fsp3) is 0.321. The number of aliphatic hydroxyl groups is 1. The lowest BCUT2D eigenvalue weighted by Crippen LogP contribution is -2.31. The number of hydrogen-bond acceptors (Lipinski definition) is 5. The van der Waals surface area contributed by atoms with E-state index in [4.69, 9.17) is 5.41 Å². The third-order valence-corrected chi connectivity index (χ3v) is 5.23. The number of carbonyl (C=O) groups is 1. The molecule has 6 heteroatoms. The third-order valence-electron chi connectivity index (χ3n) is 5.23. The average Bonchev–Trinajstić information content (AvgIpc) is 3.20. The van der Waals surface area contributed by atoms with Crippen molar-refractivity contribution >= 4 is 17.8 Å². The Kier molecular flexibility index (Phi) is 12.2. The minimum atomic E-state index is -0.748. The lowest BCUT2D eigenvalue weighted by Gasteiger charge is -2.11. The number of nitrogens with one attached hydrogen (secondary N) is 3. The minimum absolute atomic E-state index is 0.105. The average molecular weight is 461 g/mol. The third kappa shape index (κ3) is 11.0. The van der Waals surface area contributed by atoms with Gasteiger partial charge < -0.3 is 21.1 Å². The molecule has 0 saturated carbocycles. The van der Waals surface area contributed by atoms with Gasteiger partial charge in [-0.2, -0.15) is 0 Å². The fourth-order valence-electron chi connectivity index (χ4n) is 3.47. The Labute approximate surface area is 203 Å². The predicted octanol–water partition coefficient (Wildman–Crippen LogP) is 4.12. The van der Waals surface area contributed by atoms with Crippen molar-refractivity contribution < 1.29 is 9.90 Å². The zero-order valence-corrected chi connectivity index (χ0v) is 19.9. The highest BCUT2D eigenvalue weighted by Gasteiger charge is 2.09. The van der Waals surface area contributed by atoms with Crippen LogP contribution in [0.4, 0.5) is 0 Å². The molecule has 1 aliphatic heterocycles. The van der Waals surface area contributed by atoms with E-state index in [1.54, 1.807) is 6.08 Å². The van der Waals surface area contributed by atoms with Crippen LogP contribution in [0, 0.1) is 11.3 Å². The largest absolute Gasteiger partial charge is 0.391 e. The molecule has 180 valence electrons. The van der Waals surface area contributed by atoms with Gasteiger partial charge in [-0.1, -0.05) is 72.9 Å². The molecule has 0 saturated heterocycles. The van der Waals surface area contributed by atoms with Crippen LogP contribution < -0.4 is 10.6 Å². The van der Waals surface area contributed by atoms with Crippen LogP contribution in [0.3, 0.4) is 0 Å². The van der Waals surface area contributed by atoms with E-state index in [1.807, 2.05) is 30.6 Å². The molecule has 2 aliphatic rings. The van der Waals surface area contributed by atoms with E-state index in [9.17, 15) is 9.90 Å². The summed E-state index contributed by atoms with van der Waals surface area (Å²) in [7, 11) is 0. The van der Waals surface area contributed by atoms with Crippen molar-refractivity contribution in [2.75, 3.05) is 19.6 Å². The number of nitrogens with zero attached hydrogens (tertiary/aromatic N) is 1. The summed E-state index contributed by atoms with van der Waals surface area (Å²) >= 11 is 0. The first kappa shape index (κ1) is 26.9. The molecule has 2 atom stereocenters. The molecule has 0 spiro atoms. The van der Waals surface area contributed by atoms with Gasteiger partial charge >= 0.3 is 0 Å². The molecule has 0 aromatic rings. The van der Waals surface area contributed by atoms with Gasteiger partial charge in [-0.3, -0.25) is 9.79 Å². The van der Waals surface area contributed by atoms with E-state index in [2.05, 4.69) is 64.7 Å². The topological polar surface area (TPSA) is 97.6 Å². The Morgan fingerprint density at radius 3 is 3.00 bits per heavy atom. The van der Waals surface area contributed by atoms with Crippen LogP contribution in [0.15, 0.2) is 101 Å². The second kappa shape index (κ2) is 15.5. The van der Waals surface area contributed by atoms with Crippen molar-refractivity contribution in [3.63, 3.8) is 0 Å². The van der Waals surface area contributed by atoms with Gasteiger partial charge in [0.25, 0.3) is 0 Å². The molecular weight excluding hydrogens is 424 g/mol. The first-order chi connectivity index (χ1) is 16.5. The van der Waals surface area contributed by atoms with E-state index in [0.29, 0.717) is 12.1 Å². The molecule has 1 aliphatic carbocycles. The Balaban J connectivity index is 1.84. The molecule has 0 aromatic heterocycles. The van der Waals surface area contributed by atoms with E-state index in [0.717, 1.165) is 25.1 Å². The zero-order valence-electron chi connectivity index (χ0n) is 19.9. The second-order valence-electron chi connectivity index (χ2n) is 8.23. The number of amides is 1. The quantitative estimate of drug-likeness (QED) is 0.246. The lowest BCUT2D eigenvalue weighted by atomic mass is 9.96. The number of aliphatic imine (C=N–C) groups is 1. The van der Waals surface area contributed by atoms with E-state index < -0.39 is 6.10 Å². The summed E-state index contributed by atoms with van der Waals surface area (Å²) in [5.41, 5.74) is 4.00. The normalized spacial score (nSPS) is 18.8. The van der Waals surface area contributed by atoms with Crippen molar-refractivity contribution in [1.29, 1.82) is 5.41 Å². The van der Waals surface area contributed by atoms with Gasteiger partial charge in [0.2, 0.25) is 5.91 Å². The molecule has 1 heterocycles. The van der Waals surface area contributed by atoms with E-state index >= 15 is 0 Å². The molecular formula is C28H36N4O2. The van der Waals surface area contributed by atoms with Gasteiger partial charge in [-0.05, 0) is 23.6 Å². The Morgan fingerprint density at radius 1 is 1.35 bits per heavy atom. The summed E-state index contributed by atoms with van der Waals surface area (Å²) in [5, 5.41) is 24.1. The predicted molar refractivity (Wildman–Crippen MR) is 142 cm³/mol. The van der Waals surface area contributed by atoms with Crippen molar-refractivity contribution in [3.8, 4) is 0 Å². The van der Waals surface area contributed by atoms with Gasteiger partial charge in [0.05, 0.1) is 6.10 Å². The van der Waals surface area contributed by atoms with Gasteiger partial charge in [-0.15, -0.1) is 0 Å². The van der Waals surface area contributed by atoms with Crippen molar-refractivity contribution in [1.82, 2.24) is 10.6 Å². The van der Waals surface area contributed by atoms with Crippen molar-refractivity contribution in [3.05, 3.63) is 96.3 Å². The van der Waals surface area contributed by atoms with Gasteiger partial charge in [-0.25, -0.2) is 0 Å². The summed E-state index contributed by atoms with van der Waals surface area (Å²) in [6.07, 6.45) is 26.9. The van der Waals surface area contributed by atoms with Crippen LogP contribution in [0.25, 0.3) is 0 Å². The smallest absolute Gasteiger partial charge is 0.216 e. The maximum Gasteiger partial charge on any atom is 0.216 e. The van der Waals surface area contributed by atoms with Gasteiger partial charge in [0.1, 0.15) is 0 Å². The molecule has 6 nitrogen and oxygen atoms in total. The van der Waals surface area contributed by atoms with Crippen LogP contribution in [0.2, 0.25) is 0 Å². The number of rotatable bonds is 13. The number of carbonyl (C=O) groups excluding carboxylic acids is 1. The highest BCUT2D eigenvalue weighted by Crippen LogP contribution is 2.20. The molecule has 34 heavy (non-hydrogen) atoms. The Hall–Kier alpha value is -3.35. The molecule has 0 aromatic carbocycles. The van der Waals surface area contributed by atoms with Crippen molar-refractivity contribution in [2.45, 2.75) is 32.3 Å². The maximum atomic E-state index is 10.9. The highest BCUT2D eigenvalue weighted by molar-refractivity contribution is 5.83. The highest BCUT2D eigenvalue weighted by atomic mass is 16.3. The molecule has 4 N–H and O–H groups in total. The molecule has 1 amide bonds. The Bertz CT molecular complexity index is 961. The molecule has 0 radical (unpaired) electrons. The van der Waals surface area contributed by atoms with E-state index in [-0.39, 0.29) is 24.8 Å². The summed E-state index contributed by atoms with van der Waals surface area (Å²) < 4.78 is 0. The fourth-order valence-corrected chi connectivity index (χ4v) is 3.47. The van der Waals surface area contributed by atoms with Crippen LogP contribution in [0.1, 0.15) is 26.2 Å². The standard InChI is InChI=1S/C28H36N4O2/c1-3-7-25(11-5-12-27(29)18-28(34)21-32-22(2)33)26-10-4-8-23(13-14-26)19-31-20-24-9-6-16-30-17-15-24/h3-8,10-11,13-17,26,28-29,31,34H,1,9,12,18-21H2,2H3,(H,32,33)/b11-5-,25-7+,29-27?. The SMILES string of the molecule is C=C/C=C(\C=C/CC(=N)CC(O)CNC(C)=O)C1C=CC=C(CNCC2=CC=NC=CC2)C=C1. The first-order valence-corrected chi connectivity index (χ1v) is 11.6. The summed E-state index contributed by atoms with van der Waals surface area (Å²) in [6, 6.07) is 0. The number of allylic oxidation sites excluding steroid dienone is 11. The van der Waals surface area contributed by atoms with Gasteiger partial charge in [0.15, 0.2) is 0 Å². The van der Waals surface area contributed by atoms with Crippen molar-refractivity contribution in [2.24, 2.45) is 10.9 Å². The first-order valence-electron chi connectivity index (χ1n) is 11.6. The lowest BCUT2D eigenvalue weighted by molar-refractivity contribution is -0.119. The molecule has 2 unspecified atom stereocenters. The van der Waals surface area contributed by atoms with Crippen LogP contribution in [-0.4, -0.2) is 48.7 Å². The van der Waals surface area contributed by atoms with Crippen LogP contribution in [0.5, 0.6) is 0 Å².